The van der Waals surface area contributed by atoms with Gasteiger partial charge in [-0.25, -0.2) is 0 Å². The summed E-state index contributed by atoms with van der Waals surface area (Å²) in [6.07, 6.45) is 0. The average Bonchev–Trinajstić information content (AvgIpc) is 2.37. The monoisotopic (exact) mass is 215 g/mol. The fourth-order valence-corrected chi connectivity index (χ4v) is 2.85. The molecule has 0 aliphatic heterocycles. The fraction of sp³-hybridized carbons (Fsp3) is 0.0588. The van der Waals surface area contributed by atoms with Crippen molar-refractivity contribution < 1.29 is 0 Å². The summed E-state index contributed by atoms with van der Waals surface area (Å²) in [4.78, 5) is 0. The molecule has 0 aliphatic carbocycles. The van der Waals surface area contributed by atoms with E-state index in [2.05, 4.69) is 61.5 Å². The van der Waals surface area contributed by atoms with E-state index in [0.29, 0.717) is 0 Å². The molecular formula is C17H11. The summed E-state index contributed by atoms with van der Waals surface area (Å²) in [5.74, 6) is 0. The van der Waals surface area contributed by atoms with Gasteiger partial charge in [0.25, 0.3) is 0 Å². The highest BCUT2D eigenvalue weighted by molar-refractivity contribution is 6.23. The van der Waals surface area contributed by atoms with Gasteiger partial charge in [0.1, 0.15) is 0 Å². The molecule has 0 heteroatoms. The molecule has 0 aromatic heterocycles. The van der Waals surface area contributed by atoms with Gasteiger partial charge >= 0.3 is 0 Å². The third kappa shape index (κ3) is 1.07. The van der Waals surface area contributed by atoms with E-state index in [1.165, 1.54) is 37.9 Å². The Hall–Kier alpha value is -2.08. The Balaban J connectivity index is 2.50. The minimum atomic E-state index is 1.21. The number of hydrogen-bond donors (Lipinski definition) is 0. The van der Waals surface area contributed by atoms with Crippen LogP contribution in [0.2, 0.25) is 0 Å². The first kappa shape index (κ1) is 9.00. The molecule has 0 amide bonds. The first-order valence-electron chi connectivity index (χ1n) is 5.89. The standard InChI is InChI=1S/C17H11/c1-11-10-14-6-2-4-12-8-9-13-5-3-7-15(11)17(13)16(12)14/h2-7,9-10H,1H3. The molecule has 0 spiro atoms. The van der Waals surface area contributed by atoms with Crippen molar-refractivity contribution in [3.8, 4) is 0 Å². The minimum Gasteiger partial charge on any atom is -0.0610 e. The zero-order chi connectivity index (χ0) is 11.4. The Bertz CT molecular complexity index is 840. The van der Waals surface area contributed by atoms with Crippen molar-refractivity contribution in [2.45, 2.75) is 6.92 Å². The summed E-state index contributed by atoms with van der Waals surface area (Å²) in [5.41, 5.74) is 1.35. The molecule has 17 heavy (non-hydrogen) atoms. The molecule has 4 aromatic carbocycles. The molecule has 4 aromatic rings. The third-order valence-corrected chi connectivity index (χ3v) is 3.62. The Morgan fingerprint density at radius 2 is 1.71 bits per heavy atom. The minimum absolute atomic E-state index is 1.21. The van der Waals surface area contributed by atoms with Crippen molar-refractivity contribution in [1.29, 1.82) is 0 Å². The van der Waals surface area contributed by atoms with E-state index in [4.69, 9.17) is 0 Å². The van der Waals surface area contributed by atoms with Crippen LogP contribution >= 0.6 is 0 Å². The highest BCUT2D eigenvalue weighted by Gasteiger charge is 2.08. The Morgan fingerprint density at radius 3 is 2.65 bits per heavy atom. The molecule has 0 nitrogen and oxygen atoms in total. The van der Waals surface area contributed by atoms with Gasteiger partial charge < -0.3 is 0 Å². The molecule has 0 fully saturated rings. The highest BCUT2D eigenvalue weighted by atomic mass is 14.1. The summed E-state index contributed by atoms with van der Waals surface area (Å²) in [5, 5.41) is 7.92. The number of rotatable bonds is 0. The molecule has 0 atom stereocenters. The van der Waals surface area contributed by atoms with Gasteiger partial charge in [0.05, 0.1) is 0 Å². The van der Waals surface area contributed by atoms with Crippen LogP contribution in [0.25, 0.3) is 32.3 Å². The van der Waals surface area contributed by atoms with Crippen molar-refractivity contribution in [2.24, 2.45) is 0 Å². The number of hydrogen-bond acceptors (Lipinski definition) is 0. The van der Waals surface area contributed by atoms with Crippen LogP contribution in [-0.4, -0.2) is 0 Å². The Morgan fingerprint density at radius 1 is 0.882 bits per heavy atom. The smallest absolute Gasteiger partial charge is 0.00204 e. The summed E-state index contributed by atoms with van der Waals surface area (Å²) < 4.78 is 0. The van der Waals surface area contributed by atoms with Crippen molar-refractivity contribution >= 4 is 32.3 Å². The van der Waals surface area contributed by atoms with E-state index in [1.807, 2.05) is 0 Å². The zero-order valence-electron chi connectivity index (χ0n) is 9.62. The third-order valence-electron chi connectivity index (χ3n) is 3.62. The van der Waals surface area contributed by atoms with Crippen LogP contribution in [0.3, 0.4) is 0 Å². The lowest BCUT2D eigenvalue weighted by atomic mass is 9.92. The van der Waals surface area contributed by atoms with Crippen molar-refractivity contribution in [3.05, 3.63) is 60.2 Å². The van der Waals surface area contributed by atoms with E-state index < -0.39 is 0 Å². The molecule has 0 saturated heterocycles. The molecule has 0 bridgehead atoms. The first-order valence-corrected chi connectivity index (χ1v) is 5.89. The molecule has 1 radical (unpaired) electrons. The van der Waals surface area contributed by atoms with Gasteiger partial charge in [-0.1, -0.05) is 42.5 Å². The second kappa shape index (κ2) is 2.98. The quantitative estimate of drug-likeness (QED) is 0.373. The largest absolute Gasteiger partial charge is 0.0610 e. The maximum absolute atomic E-state index is 3.38. The molecule has 0 heterocycles. The summed E-state index contributed by atoms with van der Waals surface area (Å²) in [7, 11) is 0. The van der Waals surface area contributed by atoms with Crippen LogP contribution in [-0.2, 0) is 0 Å². The zero-order valence-corrected chi connectivity index (χ0v) is 9.62. The second-order valence-electron chi connectivity index (χ2n) is 4.66. The van der Waals surface area contributed by atoms with Gasteiger partial charge in [0, 0.05) is 0 Å². The van der Waals surface area contributed by atoms with Gasteiger partial charge in [0.2, 0.25) is 0 Å². The van der Waals surface area contributed by atoms with Gasteiger partial charge in [-0.05, 0) is 56.9 Å². The van der Waals surface area contributed by atoms with Crippen molar-refractivity contribution in [3.63, 3.8) is 0 Å². The van der Waals surface area contributed by atoms with Crippen LogP contribution in [0.15, 0.2) is 48.5 Å². The fourth-order valence-electron chi connectivity index (χ4n) is 2.85. The maximum atomic E-state index is 3.38. The normalized spacial score (nSPS) is 11.8. The molecule has 0 aliphatic rings. The van der Waals surface area contributed by atoms with Crippen molar-refractivity contribution in [2.75, 3.05) is 0 Å². The van der Waals surface area contributed by atoms with E-state index in [1.54, 1.807) is 0 Å². The topological polar surface area (TPSA) is 0 Å². The molecule has 0 saturated carbocycles. The van der Waals surface area contributed by atoms with E-state index >= 15 is 0 Å². The Labute approximate surface area is 99.8 Å². The van der Waals surface area contributed by atoms with Crippen molar-refractivity contribution in [1.82, 2.24) is 0 Å². The lowest BCUT2D eigenvalue weighted by molar-refractivity contribution is 1.56. The summed E-state index contributed by atoms with van der Waals surface area (Å²) in [6.45, 7) is 2.19. The highest BCUT2D eigenvalue weighted by Crippen LogP contribution is 2.35. The van der Waals surface area contributed by atoms with E-state index in [0.717, 1.165) is 0 Å². The van der Waals surface area contributed by atoms with Crippen LogP contribution in [0.1, 0.15) is 5.56 Å². The first-order chi connectivity index (χ1) is 8.34. The van der Waals surface area contributed by atoms with Gasteiger partial charge in [-0.15, -0.1) is 0 Å². The summed E-state index contributed by atoms with van der Waals surface area (Å²) in [6, 6.07) is 20.7. The van der Waals surface area contributed by atoms with Crippen LogP contribution in [0.5, 0.6) is 0 Å². The predicted molar refractivity (Wildman–Crippen MR) is 73.7 cm³/mol. The molecule has 79 valence electrons. The van der Waals surface area contributed by atoms with Crippen LogP contribution in [0, 0.1) is 13.0 Å². The molecule has 4 rings (SSSR count). The predicted octanol–water partition coefficient (Wildman–Crippen LogP) is 4.69. The molecule has 0 unspecified atom stereocenters. The van der Waals surface area contributed by atoms with E-state index in [-0.39, 0.29) is 0 Å². The maximum Gasteiger partial charge on any atom is -0.00204 e. The van der Waals surface area contributed by atoms with Gasteiger partial charge in [-0.3, -0.25) is 0 Å². The number of aryl methyl sites for hydroxylation is 1. The molecule has 0 N–H and O–H groups in total. The average molecular weight is 215 g/mol. The van der Waals surface area contributed by atoms with Crippen LogP contribution in [0.4, 0.5) is 0 Å². The van der Waals surface area contributed by atoms with Crippen LogP contribution < -0.4 is 0 Å². The lowest BCUT2D eigenvalue weighted by Crippen LogP contribution is -1.86. The Kier molecular flexibility index (Phi) is 1.58. The summed E-state index contributed by atoms with van der Waals surface area (Å²) >= 11 is 0. The van der Waals surface area contributed by atoms with Gasteiger partial charge in [-0.2, -0.15) is 0 Å². The van der Waals surface area contributed by atoms with Gasteiger partial charge in [0.15, 0.2) is 0 Å². The molecular weight excluding hydrogens is 204 g/mol. The second-order valence-corrected chi connectivity index (χ2v) is 4.66. The number of benzene rings is 4. The van der Waals surface area contributed by atoms with E-state index in [9.17, 15) is 0 Å². The SMILES string of the molecule is Cc1cc2cccc3[c]cc4cccc1c4c32. The lowest BCUT2D eigenvalue weighted by Gasteiger charge is -2.12.